The number of aromatic nitrogens is 3. The lowest BCUT2D eigenvalue weighted by Gasteiger charge is -2.28. The van der Waals surface area contributed by atoms with Crippen molar-refractivity contribution in [2.45, 2.75) is 59.2 Å². The maximum absolute atomic E-state index is 12.4. The van der Waals surface area contributed by atoms with Crippen molar-refractivity contribution in [3.8, 4) is 0 Å². The van der Waals surface area contributed by atoms with E-state index >= 15 is 0 Å². The first-order valence-corrected chi connectivity index (χ1v) is 7.34. The third-order valence-electron chi connectivity index (χ3n) is 3.79. The van der Waals surface area contributed by atoms with Crippen LogP contribution in [0, 0.1) is 12.8 Å². The first-order chi connectivity index (χ1) is 9.88. The van der Waals surface area contributed by atoms with Crippen LogP contribution >= 0.6 is 0 Å². The molecule has 2 rings (SSSR count). The maximum atomic E-state index is 12.4. The van der Waals surface area contributed by atoms with Gasteiger partial charge in [-0.05, 0) is 19.3 Å². The van der Waals surface area contributed by atoms with Crippen LogP contribution in [0.3, 0.4) is 0 Å². The van der Waals surface area contributed by atoms with Gasteiger partial charge in [0, 0.05) is 25.9 Å². The summed E-state index contributed by atoms with van der Waals surface area (Å²) in [6.07, 6.45) is 1.65. The molecule has 0 aliphatic carbocycles. The highest BCUT2D eigenvalue weighted by Crippen LogP contribution is 2.15. The van der Waals surface area contributed by atoms with Gasteiger partial charge in [0.05, 0.1) is 0 Å². The Labute approximate surface area is 124 Å². The molecule has 2 atom stereocenters. The molecule has 7 heteroatoms. The molecule has 1 aliphatic rings. The highest BCUT2D eigenvalue weighted by atomic mass is 16.2. The lowest BCUT2D eigenvalue weighted by Crippen LogP contribution is -2.53. The molecule has 0 bridgehead atoms. The topological polar surface area (TPSA) is 88.9 Å². The zero-order valence-electron chi connectivity index (χ0n) is 13.0. The Kier molecular flexibility index (Phi) is 4.59. The molecule has 1 aromatic rings. The Balaban J connectivity index is 2.00. The molecule has 0 saturated carbocycles. The Hall–Kier alpha value is -1.92. The highest BCUT2D eigenvalue weighted by Gasteiger charge is 2.28. The second-order valence-corrected chi connectivity index (χ2v) is 5.94. The van der Waals surface area contributed by atoms with Crippen molar-refractivity contribution in [3.05, 3.63) is 11.6 Å². The van der Waals surface area contributed by atoms with E-state index < -0.39 is 6.04 Å². The molecule has 2 N–H and O–H groups in total. The Morgan fingerprint density at radius 2 is 2.05 bits per heavy atom. The quantitative estimate of drug-likeness (QED) is 0.828. The minimum Gasteiger partial charge on any atom is -0.350 e. The third kappa shape index (κ3) is 3.59. The Morgan fingerprint density at radius 1 is 1.33 bits per heavy atom. The molecular formula is C14H23N5O2. The minimum atomic E-state index is -0.495. The van der Waals surface area contributed by atoms with Gasteiger partial charge >= 0.3 is 0 Å². The minimum absolute atomic E-state index is 0.0460. The van der Waals surface area contributed by atoms with E-state index in [1.807, 2.05) is 25.3 Å². The summed E-state index contributed by atoms with van der Waals surface area (Å²) in [5.74, 6) is 1.57. The summed E-state index contributed by atoms with van der Waals surface area (Å²) in [5, 5.41) is 13.9. The molecule has 2 unspecified atom stereocenters. The Morgan fingerprint density at radius 3 is 2.67 bits per heavy atom. The zero-order valence-corrected chi connectivity index (χ0v) is 13.0. The van der Waals surface area contributed by atoms with Gasteiger partial charge in [-0.25, -0.2) is 0 Å². The molecule has 7 nitrogen and oxygen atoms in total. The molecular weight excluding hydrogens is 270 g/mol. The van der Waals surface area contributed by atoms with Crippen LogP contribution in [0.15, 0.2) is 0 Å². The van der Waals surface area contributed by atoms with Crippen LogP contribution in [-0.2, 0) is 22.6 Å². The smallest absolute Gasteiger partial charge is 0.243 e. The van der Waals surface area contributed by atoms with E-state index in [0.717, 1.165) is 24.5 Å². The monoisotopic (exact) mass is 293 g/mol. The van der Waals surface area contributed by atoms with Gasteiger partial charge in [-0.3, -0.25) is 9.59 Å². The number of carbonyl (C=O) groups is 2. The fraction of sp³-hybridized carbons (Fsp3) is 0.714. The molecule has 1 aliphatic heterocycles. The van der Waals surface area contributed by atoms with Crippen LogP contribution < -0.4 is 10.6 Å². The van der Waals surface area contributed by atoms with Gasteiger partial charge in [0.15, 0.2) is 0 Å². The molecule has 0 spiro atoms. The predicted octanol–water partition coefficient (Wildman–Crippen LogP) is 0.178. The van der Waals surface area contributed by atoms with E-state index in [-0.39, 0.29) is 23.8 Å². The normalized spacial score (nSPS) is 19.0. The summed E-state index contributed by atoms with van der Waals surface area (Å²) in [4.78, 5) is 23.6. The van der Waals surface area contributed by atoms with Crippen LogP contribution in [0.2, 0.25) is 0 Å². The number of nitrogens with one attached hydrogen (secondary N) is 2. The lowest BCUT2D eigenvalue weighted by molar-refractivity contribution is -0.129. The number of carbonyl (C=O) groups excluding carboxylic acids is 2. The van der Waals surface area contributed by atoms with Gasteiger partial charge < -0.3 is 15.2 Å². The van der Waals surface area contributed by atoms with Crippen molar-refractivity contribution in [1.82, 2.24) is 25.4 Å². The van der Waals surface area contributed by atoms with Gasteiger partial charge in [0.2, 0.25) is 11.8 Å². The number of amides is 2. The SMILES string of the molecule is CC(=O)NC(C(=O)NC1CCc2nnc(C)n2C1)C(C)C. The summed E-state index contributed by atoms with van der Waals surface area (Å²) >= 11 is 0. The van der Waals surface area contributed by atoms with Crippen LogP contribution in [0.25, 0.3) is 0 Å². The number of nitrogens with zero attached hydrogens (tertiary/aromatic N) is 3. The molecule has 1 aromatic heterocycles. The van der Waals surface area contributed by atoms with Crippen molar-refractivity contribution in [3.63, 3.8) is 0 Å². The van der Waals surface area contributed by atoms with Gasteiger partial charge in [0.25, 0.3) is 0 Å². The van der Waals surface area contributed by atoms with Crippen molar-refractivity contribution in [2.75, 3.05) is 0 Å². The van der Waals surface area contributed by atoms with E-state index in [0.29, 0.717) is 6.54 Å². The molecule has 0 fully saturated rings. The molecule has 116 valence electrons. The summed E-state index contributed by atoms with van der Waals surface area (Å²) in [6.45, 7) is 7.86. The molecule has 0 saturated heterocycles. The number of rotatable bonds is 4. The van der Waals surface area contributed by atoms with Crippen LogP contribution in [0.1, 0.15) is 38.8 Å². The summed E-state index contributed by atoms with van der Waals surface area (Å²) in [7, 11) is 0. The predicted molar refractivity (Wildman–Crippen MR) is 77.5 cm³/mol. The number of hydrogen-bond donors (Lipinski definition) is 2. The summed E-state index contributed by atoms with van der Waals surface area (Å²) in [5.41, 5.74) is 0. The number of aryl methyl sites for hydroxylation is 2. The summed E-state index contributed by atoms with van der Waals surface area (Å²) < 4.78 is 2.04. The first-order valence-electron chi connectivity index (χ1n) is 7.34. The van der Waals surface area contributed by atoms with Crippen LogP contribution in [0.4, 0.5) is 0 Å². The average molecular weight is 293 g/mol. The molecule has 0 radical (unpaired) electrons. The highest BCUT2D eigenvalue weighted by molar-refractivity contribution is 5.87. The molecule has 0 aromatic carbocycles. The van der Waals surface area contributed by atoms with Crippen molar-refractivity contribution in [1.29, 1.82) is 0 Å². The molecule has 2 heterocycles. The molecule has 2 amide bonds. The second-order valence-electron chi connectivity index (χ2n) is 5.94. The second kappa shape index (κ2) is 6.24. The van der Waals surface area contributed by atoms with Gasteiger partial charge in [-0.15, -0.1) is 10.2 Å². The van der Waals surface area contributed by atoms with E-state index in [1.54, 1.807) is 0 Å². The fourth-order valence-electron chi connectivity index (χ4n) is 2.62. The fourth-order valence-corrected chi connectivity index (χ4v) is 2.62. The lowest BCUT2D eigenvalue weighted by atomic mass is 10.0. The Bertz CT molecular complexity index is 537. The van der Waals surface area contributed by atoms with Crippen molar-refractivity contribution >= 4 is 11.8 Å². The van der Waals surface area contributed by atoms with Gasteiger partial charge in [-0.2, -0.15) is 0 Å². The van der Waals surface area contributed by atoms with Crippen molar-refractivity contribution in [2.24, 2.45) is 5.92 Å². The standard InChI is InChI=1S/C14H23N5O2/c1-8(2)13(15-10(4)20)14(21)16-11-5-6-12-18-17-9(3)19(12)7-11/h8,11,13H,5-7H2,1-4H3,(H,15,20)(H,16,21). The summed E-state index contributed by atoms with van der Waals surface area (Å²) in [6, 6.07) is -0.444. The average Bonchev–Trinajstić information content (AvgIpc) is 2.77. The first kappa shape index (κ1) is 15.5. The van der Waals surface area contributed by atoms with Gasteiger partial charge in [0.1, 0.15) is 17.7 Å². The van der Waals surface area contributed by atoms with Gasteiger partial charge in [-0.1, -0.05) is 13.8 Å². The van der Waals surface area contributed by atoms with E-state index in [1.165, 1.54) is 6.92 Å². The third-order valence-corrected chi connectivity index (χ3v) is 3.79. The van der Waals surface area contributed by atoms with E-state index in [4.69, 9.17) is 0 Å². The largest absolute Gasteiger partial charge is 0.350 e. The number of fused-ring (bicyclic) bond motifs is 1. The van der Waals surface area contributed by atoms with E-state index in [9.17, 15) is 9.59 Å². The van der Waals surface area contributed by atoms with Crippen molar-refractivity contribution < 1.29 is 9.59 Å². The van der Waals surface area contributed by atoms with Crippen LogP contribution in [-0.4, -0.2) is 38.7 Å². The van der Waals surface area contributed by atoms with E-state index in [2.05, 4.69) is 20.8 Å². The number of hydrogen-bond acceptors (Lipinski definition) is 4. The maximum Gasteiger partial charge on any atom is 0.243 e. The molecule has 21 heavy (non-hydrogen) atoms. The zero-order chi connectivity index (χ0) is 15.6. The van der Waals surface area contributed by atoms with Crippen LogP contribution in [0.5, 0.6) is 0 Å².